The Morgan fingerprint density at radius 3 is 2.50 bits per heavy atom. The van der Waals surface area contributed by atoms with Crippen molar-refractivity contribution in [2.45, 2.75) is 37.5 Å². The Bertz CT molecular complexity index is 572. The van der Waals surface area contributed by atoms with Crippen LogP contribution in [0.5, 0.6) is 0 Å². The SMILES string of the molecule is C#CC(C)CC(=C)OCCSSc1ccc(C(C)CC(=C)O)cc1. The van der Waals surface area contributed by atoms with Crippen LogP contribution in [0.2, 0.25) is 0 Å². The number of hydrogen-bond donors (Lipinski definition) is 1. The fraction of sp³-hybridized carbons (Fsp3) is 0.400. The topological polar surface area (TPSA) is 29.5 Å². The van der Waals surface area contributed by atoms with Crippen molar-refractivity contribution in [3.63, 3.8) is 0 Å². The number of hydrogen-bond acceptors (Lipinski definition) is 4. The Kier molecular flexibility index (Phi) is 9.59. The molecule has 0 aliphatic rings. The molecule has 0 radical (unpaired) electrons. The average molecular weight is 363 g/mol. The molecule has 1 N–H and O–H groups in total. The third kappa shape index (κ3) is 8.42. The van der Waals surface area contributed by atoms with Crippen molar-refractivity contribution in [1.29, 1.82) is 0 Å². The Morgan fingerprint density at radius 1 is 1.25 bits per heavy atom. The normalized spacial score (nSPS) is 12.9. The summed E-state index contributed by atoms with van der Waals surface area (Å²) in [4.78, 5) is 1.21. The van der Waals surface area contributed by atoms with E-state index in [4.69, 9.17) is 11.2 Å². The van der Waals surface area contributed by atoms with E-state index in [9.17, 15) is 5.11 Å². The van der Waals surface area contributed by atoms with Crippen molar-refractivity contribution in [3.05, 3.63) is 54.5 Å². The summed E-state index contributed by atoms with van der Waals surface area (Å²) >= 11 is 0. The second-order valence-electron chi connectivity index (χ2n) is 5.80. The fourth-order valence-electron chi connectivity index (χ4n) is 2.11. The van der Waals surface area contributed by atoms with Gasteiger partial charge in [0.2, 0.25) is 0 Å². The predicted octanol–water partition coefficient (Wildman–Crippen LogP) is 6.18. The number of rotatable bonds is 11. The van der Waals surface area contributed by atoms with Crippen molar-refractivity contribution in [2.24, 2.45) is 5.92 Å². The lowest BCUT2D eigenvalue weighted by Crippen LogP contribution is -2.00. The highest BCUT2D eigenvalue weighted by Crippen LogP contribution is 2.32. The van der Waals surface area contributed by atoms with E-state index in [0.717, 1.165) is 11.5 Å². The number of aliphatic hydroxyl groups excluding tert-OH is 1. The highest BCUT2D eigenvalue weighted by molar-refractivity contribution is 8.76. The predicted molar refractivity (Wildman–Crippen MR) is 107 cm³/mol. The second kappa shape index (κ2) is 11.2. The molecule has 1 aromatic carbocycles. The van der Waals surface area contributed by atoms with Crippen LogP contribution in [-0.4, -0.2) is 17.5 Å². The molecule has 1 aromatic rings. The molecule has 130 valence electrons. The molecule has 0 saturated heterocycles. The van der Waals surface area contributed by atoms with Crippen LogP contribution in [0.3, 0.4) is 0 Å². The van der Waals surface area contributed by atoms with Gasteiger partial charge in [0.25, 0.3) is 0 Å². The monoisotopic (exact) mass is 362 g/mol. The summed E-state index contributed by atoms with van der Waals surface area (Å²) in [5.41, 5.74) is 1.21. The number of allylic oxidation sites excluding steroid dienone is 2. The Morgan fingerprint density at radius 2 is 1.92 bits per heavy atom. The summed E-state index contributed by atoms with van der Waals surface area (Å²) in [6.07, 6.45) is 6.66. The highest BCUT2D eigenvalue weighted by Gasteiger charge is 2.07. The molecule has 0 amide bonds. The molecule has 0 fully saturated rings. The minimum absolute atomic E-state index is 0.170. The van der Waals surface area contributed by atoms with E-state index in [0.29, 0.717) is 19.4 Å². The number of aliphatic hydroxyl groups is 1. The molecule has 0 heterocycles. The van der Waals surface area contributed by atoms with Gasteiger partial charge in [-0.15, -0.1) is 12.3 Å². The second-order valence-corrected chi connectivity index (χ2v) is 8.29. The van der Waals surface area contributed by atoms with Crippen molar-refractivity contribution < 1.29 is 9.84 Å². The van der Waals surface area contributed by atoms with E-state index >= 15 is 0 Å². The molecular weight excluding hydrogens is 336 g/mol. The zero-order valence-electron chi connectivity index (χ0n) is 14.5. The van der Waals surface area contributed by atoms with Crippen LogP contribution in [0.15, 0.2) is 53.8 Å². The van der Waals surface area contributed by atoms with Gasteiger partial charge in [-0.25, -0.2) is 0 Å². The summed E-state index contributed by atoms with van der Waals surface area (Å²) in [6, 6.07) is 8.43. The number of ether oxygens (including phenoxy) is 1. The highest BCUT2D eigenvalue weighted by atomic mass is 33.1. The number of benzene rings is 1. The maximum absolute atomic E-state index is 9.28. The Hall–Kier alpha value is -1.44. The van der Waals surface area contributed by atoms with E-state index in [-0.39, 0.29) is 17.6 Å². The first-order valence-corrected chi connectivity index (χ1v) is 10.3. The van der Waals surface area contributed by atoms with Gasteiger partial charge in [-0.05, 0) is 23.6 Å². The molecule has 24 heavy (non-hydrogen) atoms. The van der Waals surface area contributed by atoms with E-state index in [1.165, 1.54) is 10.5 Å². The van der Waals surface area contributed by atoms with Crippen LogP contribution in [0.1, 0.15) is 38.2 Å². The molecular formula is C20H26O2S2. The largest absolute Gasteiger partial charge is 0.513 e. The maximum Gasteiger partial charge on any atom is 0.0975 e. The minimum Gasteiger partial charge on any atom is -0.513 e. The molecule has 0 saturated carbocycles. The van der Waals surface area contributed by atoms with Gasteiger partial charge < -0.3 is 9.84 Å². The van der Waals surface area contributed by atoms with E-state index in [2.05, 4.69) is 50.3 Å². The molecule has 2 unspecified atom stereocenters. The molecule has 0 aromatic heterocycles. The third-order valence-corrected chi connectivity index (χ3v) is 5.78. The van der Waals surface area contributed by atoms with Gasteiger partial charge in [0.05, 0.1) is 18.1 Å². The summed E-state index contributed by atoms with van der Waals surface area (Å²) in [5.74, 6) is 5.00. The van der Waals surface area contributed by atoms with Crippen LogP contribution in [0, 0.1) is 18.3 Å². The van der Waals surface area contributed by atoms with Crippen LogP contribution in [-0.2, 0) is 4.74 Å². The van der Waals surface area contributed by atoms with Gasteiger partial charge in [-0.2, -0.15) is 0 Å². The Labute approximate surface area is 154 Å². The van der Waals surface area contributed by atoms with Gasteiger partial charge in [-0.3, -0.25) is 0 Å². The van der Waals surface area contributed by atoms with E-state index < -0.39 is 0 Å². The first-order chi connectivity index (χ1) is 11.4. The third-order valence-electron chi connectivity index (χ3n) is 3.44. The van der Waals surface area contributed by atoms with Gasteiger partial charge >= 0.3 is 0 Å². The quantitative estimate of drug-likeness (QED) is 0.220. The molecule has 0 aliphatic heterocycles. The van der Waals surface area contributed by atoms with Gasteiger partial charge in [0.1, 0.15) is 0 Å². The first-order valence-electron chi connectivity index (χ1n) is 7.95. The number of terminal acetylenes is 1. The van der Waals surface area contributed by atoms with Crippen LogP contribution >= 0.6 is 21.6 Å². The molecule has 0 aliphatic carbocycles. The standard InChI is InChI=1S/C20H26O2S2/c1-6-15(2)13-18(5)22-11-12-23-24-20-9-7-19(8-10-20)16(3)14-17(4)21/h1,7-10,15-16,21H,4-5,11-14H2,2-3H3. The summed E-state index contributed by atoms with van der Waals surface area (Å²) in [7, 11) is 3.49. The molecule has 2 nitrogen and oxygen atoms in total. The first kappa shape index (κ1) is 20.6. The summed E-state index contributed by atoms with van der Waals surface area (Å²) in [5, 5.41) is 9.28. The zero-order chi connectivity index (χ0) is 17.9. The van der Waals surface area contributed by atoms with Crippen LogP contribution in [0.4, 0.5) is 0 Å². The smallest absolute Gasteiger partial charge is 0.0975 e. The van der Waals surface area contributed by atoms with Crippen molar-refractivity contribution in [1.82, 2.24) is 0 Å². The average Bonchev–Trinajstić information content (AvgIpc) is 2.54. The molecule has 1 rings (SSSR count). The van der Waals surface area contributed by atoms with Gasteiger partial charge in [0, 0.05) is 29.4 Å². The van der Waals surface area contributed by atoms with E-state index in [1.54, 1.807) is 21.6 Å². The summed E-state index contributed by atoms with van der Waals surface area (Å²) in [6.45, 7) is 12.1. The lowest BCUT2D eigenvalue weighted by atomic mass is 9.97. The zero-order valence-corrected chi connectivity index (χ0v) is 16.1. The lowest BCUT2D eigenvalue weighted by molar-refractivity contribution is 0.218. The van der Waals surface area contributed by atoms with Crippen molar-refractivity contribution >= 4 is 21.6 Å². The van der Waals surface area contributed by atoms with Crippen LogP contribution in [0.25, 0.3) is 0 Å². The summed E-state index contributed by atoms with van der Waals surface area (Å²) < 4.78 is 5.58. The maximum atomic E-state index is 9.28. The molecule has 2 atom stereocenters. The fourth-order valence-corrected chi connectivity index (χ4v) is 3.93. The van der Waals surface area contributed by atoms with Crippen molar-refractivity contribution in [3.8, 4) is 12.3 Å². The van der Waals surface area contributed by atoms with E-state index in [1.807, 2.05) is 6.92 Å². The lowest BCUT2D eigenvalue weighted by Gasteiger charge is -2.12. The Balaban J connectivity index is 2.25. The minimum atomic E-state index is 0.170. The van der Waals surface area contributed by atoms with Crippen molar-refractivity contribution in [2.75, 3.05) is 12.4 Å². The molecule has 0 spiro atoms. The van der Waals surface area contributed by atoms with Gasteiger partial charge in [-0.1, -0.05) is 60.7 Å². The molecule has 0 bridgehead atoms. The van der Waals surface area contributed by atoms with Gasteiger partial charge in [0.15, 0.2) is 0 Å². The molecule has 4 heteroatoms. The van der Waals surface area contributed by atoms with Crippen LogP contribution < -0.4 is 0 Å².